The number of fused-ring (bicyclic) bond motifs is 2. The van der Waals surface area contributed by atoms with Gasteiger partial charge in [-0.05, 0) is 17.5 Å². The maximum atomic E-state index is 12.4. The topological polar surface area (TPSA) is 77.9 Å². The molecule has 0 aromatic heterocycles. The average molecular weight is 288 g/mol. The van der Waals surface area contributed by atoms with Crippen LogP contribution in [0.25, 0.3) is 0 Å². The van der Waals surface area contributed by atoms with Crippen LogP contribution in [0.2, 0.25) is 0 Å². The molecule has 0 bridgehead atoms. The van der Waals surface area contributed by atoms with Crippen molar-refractivity contribution in [2.24, 2.45) is 0 Å². The van der Waals surface area contributed by atoms with E-state index in [1.807, 2.05) is 24.3 Å². The molecule has 0 aliphatic carbocycles. The Bertz CT molecular complexity index is 570. The van der Waals surface area contributed by atoms with Gasteiger partial charge in [-0.25, -0.2) is 4.79 Å². The monoisotopic (exact) mass is 288 g/mol. The first kappa shape index (κ1) is 13.6. The molecule has 6 heteroatoms. The molecule has 6 nitrogen and oxygen atoms in total. The number of nitrogens with zero attached hydrogens (tertiary/aromatic N) is 2. The quantitative estimate of drug-likeness (QED) is 0.846. The Balaban J connectivity index is 1.75. The van der Waals surface area contributed by atoms with E-state index in [0.717, 1.165) is 11.1 Å². The second-order valence-corrected chi connectivity index (χ2v) is 5.39. The molecule has 0 spiro atoms. The summed E-state index contributed by atoms with van der Waals surface area (Å²) in [5, 5.41) is 8.65. The highest BCUT2D eigenvalue weighted by Gasteiger charge is 2.46. The van der Waals surface area contributed by atoms with Gasteiger partial charge in [0.2, 0.25) is 0 Å². The number of rotatable bonds is 4. The summed E-state index contributed by atoms with van der Waals surface area (Å²) in [4.78, 5) is 38.0. The molecule has 1 saturated heterocycles. The molecule has 110 valence electrons. The lowest BCUT2D eigenvalue weighted by Gasteiger charge is -2.28. The van der Waals surface area contributed by atoms with Crippen LogP contribution in [0.5, 0.6) is 0 Å². The van der Waals surface area contributed by atoms with Crippen molar-refractivity contribution in [3.63, 3.8) is 0 Å². The molecule has 1 atom stereocenters. The van der Waals surface area contributed by atoms with E-state index in [4.69, 9.17) is 5.11 Å². The Morgan fingerprint density at radius 1 is 1.24 bits per heavy atom. The van der Waals surface area contributed by atoms with E-state index in [0.29, 0.717) is 19.4 Å². The molecule has 1 aromatic carbocycles. The van der Waals surface area contributed by atoms with E-state index in [1.54, 1.807) is 4.90 Å². The summed E-state index contributed by atoms with van der Waals surface area (Å²) in [6, 6.07) is 7.07. The number of carboxylic acids is 1. The number of amides is 3. The van der Waals surface area contributed by atoms with Gasteiger partial charge in [-0.1, -0.05) is 24.3 Å². The first-order chi connectivity index (χ1) is 10.1. The zero-order chi connectivity index (χ0) is 15.0. The fourth-order valence-electron chi connectivity index (χ4n) is 2.97. The fourth-order valence-corrected chi connectivity index (χ4v) is 2.97. The summed E-state index contributed by atoms with van der Waals surface area (Å²) in [6.07, 6.45) is 0.790. The average Bonchev–Trinajstić information content (AvgIpc) is 2.69. The first-order valence-electron chi connectivity index (χ1n) is 6.98. The van der Waals surface area contributed by atoms with Gasteiger partial charge in [-0.2, -0.15) is 0 Å². The van der Waals surface area contributed by atoms with Gasteiger partial charge in [0.15, 0.2) is 0 Å². The van der Waals surface area contributed by atoms with Gasteiger partial charge in [0, 0.05) is 25.9 Å². The van der Waals surface area contributed by atoms with E-state index in [-0.39, 0.29) is 24.9 Å². The third-order valence-electron chi connectivity index (χ3n) is 4.05. The van der Waals surface area contributed by atoms with Crippen molar-refractivity contribution in [1.82, 2.24) is 9.80 Å². The minimum atomic E-state index is -0.917. The summed E-state index contributed by atoms with van der Waals surface area (Å²) in [5.41, 5.74) is 2.18. The van der Waals surface area contributed by atoms with Gasteiger partial charge in [-0.15, -0.1) is 0 Å². The smallest absolute Gasteiger partial charge is 0.327 e. The molecule has 3 amide bonds. The van der Waals surface area contributed by atoms with E-state index in [9.17, 15) is 14.4 Å². The number of benzene rings is 1. The van der Waals surface area contributed by atoms with Crippen molar-refractivity contribution >= 4 is 17.9 Å². The summed E-state index contributed by atoms with van der Waals surface area (Å²) < 4.78 is 0. The lowest BCUT2D eigenvalue weighted by atomic mass is 9.95. The normalized spacial score (nSPS) is 20.5. The minimum absolute atomic E-state index is 0.0397. The predicted octanol–water partition coefficient (Wildman–Crippen LogP) is 1.24. The van der Waals surface area contributed by atoms with Crippen LogP contribution >= 0.6 is 0 Å². The van der Waals surface area contributed by atoms with Crippen LogP contribution in [0.3, 0.4) is 0 Å². The first-order valence-corrected chi connectivity index (χ1v) is 6.98. The molecule has 1 aromatic rings. The van der Waals surface area contributed by atoms with E-state index < -0.39 is 12.0 Å². The number of hydrogen-bond acceptors (Lipinski definition) is 3. The predicted molar refractivity (Wildman–Crippen MR) is 73.5 cm³/mol. The number of carbonyl (C=O) groups excluding carboxylic acids is 2. The standard InChI is InChI=1S/C15H16N2O4/c18-13(19)6-3-7-16-14(20)12-8-10-4-1-2-5-11(10)9-17(12)15(16)21/h1-2,4-5,12H,3,6-9H2,(H,18,19)/t12-/m0/s1. The number of urea groups is 1. The van der Waals surface area contributed by atoms with Gasteiger partial charge in [0.25, 0.3) is 5.91 Å². The van der Waals surface area contributed by atoms with Gasteiger partial charge >= 0.3 is 12.0 Å². The summed E-state index contributed by atoms with van der Waals surface area (Å²) in [6.45, 7) is 0.619. The second kappa shape index (κ2) is 5.20. The van der Waals surface area contributed by atoms with Crippen LogP contribution in [0, 0.1) is 0 Å². The summed E-state index contributed by atoms with van der Waals surface area (Å²) >= 11 is 0. The fraction of sp³-hybridized carbons (Fsp3) is 0.400. The van der Waals surface area contributed by atoms with Crippen LogP contribution in [0.15, 0.2) is 24.3 Å². The van der Waals surface area contributed by atoms with Crippen LogP contribution in [-0.4, -0.2) is 45.4 Å². The molecule has 21 heavy (non-hydrogen) atoms. The van der Waals surface area contributed by atoms with E-state index in [2.05, 4.69) is 0 Å². The van der Waals surface area contributed by atoms with Crippen LogP contribution in [-0.2, 0) is 22.6 Å². The van der Waals surface area contributed by atoms with Crippen molar-refractivity contribution in [2.75, 3.05) is 6.54 Å². The Morgan fingerprint density at radius 2 is 1.95 bits per heavy atom. The minimum Gasteiger partial charge on any atom is -0.481 e. The number of carboxylic acid groups (broad SMARTS) is 1. The highest BCUT2D eigenvalue weighted by atomic mass is 16.4. The molecule has 2 aliphatic heterocycles. The van der Waals surface area contributed by atoms with E-state index >= 15 is 0 Å². The molecule has 2 heterocycles. The van der Waals surface area contributed by atoms with Crippen LogP contribution in [0.4, 0.5) is 4.79 Å². The number of aliphatic carboxylic acids is 1. The number of imide groups is 1. The van der Waals surface area contributed by atoms with Crippen molar-refractivity contribution < 1.29 is 19.5 Å². The zero-order valence-corrected chi connectivity index (χ0v) is 11.5. The largest absolute Gasteiger partial charge is 0.481 e. The lowest BCUT2D eigenvalue weighted by molar-refractivity contribution is -0.137. The Kier molecular flexibility index (Phi) is 3.37. The lowest BCUT2D eigenvalue weighted by Crippen LogP contribution is -2.39. The van der Waals surface area contributed by atoms with Crippen LogP contribution in [0.1, 0.15) is 24.0 Å². The maximum absolute atomic E-state index is 12.4. The summed E-state index contributed by atoms with van der Waals surface area (Å²) in [5.74, 6) is -1.13. The SMILES string of the molecule is O=C(O)CCCN1C(=O)[C@@H]2Cc3ccccc3CN2C1=O. The van der Waals surface area contributed by atoms with Crippen molar-refractivity contribution in [3.8, 4) is 0 Å². The number of hydrogen-bond donors (Lipinski definition) is 1. The number of carbonyl (C=O) groups is 3. The van der Waals surface area contributed by atoms with Crippen LogP contribution < -0.4 is 0 Å². The molecule has 0 unspecified atom stereocenters. The highest BCUT2D eigenvalue weighted by Crippen LogP contribution is 2.29. The van der Waals surface area contributed by atoms with Crippen molar-refractivity contribution in [3.05, 3.63) is 35.4 Å². The molecular weight excluding hydrogens is 272 g/mol. The molecule has 0 radical (unpaired) electrons. The van der Waals surface area contributed by atoms with Gasteiger partial charge < -0.3 is 10.0 Å². The van der Waals surface area contributed by atoms with Gasteiger partial charge in [0.1, 0.15) is 6.04 Å². The molecule has 1 fully saturated rings. The maximum Gasteiger partial charge on any atom is 0.327 e. The third kappa shape index (κ3) is 2.37. The van der Waals surface area contributed by atoms with Gasteiger partial charge in [0.05, 0.1) is 0 Å². The molecular formula is C15H16N2O4. The molecule has 3 rings (SSSR count). The Labute approximate surface area is 122 Å². The second-order valence-electron chi connectivity index (χ2n) is 5.39. The van der Waals surface area contributed by atoms with E-state index in [1.165, 1.54) is 4.90 Å². The molecule has 1 N–H and O–H groups in total. The van der Waals surface area contributed by atoms with Gasteiger partial charge in [-0.3, -0.25) is 14.5 Å². The Morgan fingerprint density at radius 3 is 2.67 bits per heavy atom. The molecule has 0 saturated carbocycles. The zero-order valence-electron chi connectivity index (χ0n) is 11.5. The highest BCUT2D eigenvalue weighted by molar-refractivity contribution is 6.04. The van der Waals surface area contributed by atoms with Crippen molar-refractivity contribution in [2.45, 2.75) is 31.8 Å². The van der Waals surface area contributed by atoms with Crippen molar-refractivity contribution in [1.29, 1.82) is 0 Å². The third-order valence-corrected chi connectivity index (χ3v) is 4.05. The Hall–Kier alpha value is -2.37. The molecule has 2 aliphatic rings. The summed E-state index contributed by atoms with van der Waals surface area (Å²) in [7, 11) is 0.